The molecule has 2 heterocycles. The molecule has 3 rings (SSSR count). The van der Waals surface area contributed by atoms with Gasteiger partial charge in [-0.25, -0.2) is 0 Å². The number of rotatable bonds is 2. The maximum absolute atomic E-state index is 11.2. The second-order valence-corrected chi connectivity index (χ2v) is 4.64. The molecule has 0 aromatic rings. The quantitative estimate of drug-likeness (QED) is 0.615. The summed E-state index contributed by atoms with van der Waals surface area (Å²) < 4.78 is 0. The first-order valence-electron chi connectivity index (χ1n) is 4.93. The van der Waals surface area contributed by atoms with Crippen molar-refractivity contribution in [2.75, 3.05) is 19.6 Å². The van der Waals surface area contributed by atoms with Crippen LogP contribution in [0.2, 0.25) is 0 Å². The minimum Gasteiger partial charge on any atom is -0.302 e. The summed E-state index contributed by atoms with van der Waals surface area (Å²) >= 11 is 0. The highest BCUT2D eigenvalue weighted by molar-refractivity contribution is 5.90. The molecule has 0 radical (unpaired) electrons. The average Bonchev–Trinajstić information content (AvgIpc) is 2.02. The topological polar surface area (TPSA) is 20.3 Å². The second-order valence-electron chi connectivity index (χ2n) is 4.64. The lowest BCUT2D eigenvalue weighted by Gasteiger charge is -2.46. The molecular weight excluding hydrogens is 150 g/mol. The number of hydrogen-bond donors (Lipinski definition) is 0. The Kier molecular flexibility index (Phi) is 1.95. The van der Waals surface area contributed by atoms with Crippen molar-refractivity contribution < 1.29 is 4.79 Å². The number of nitrogens with zero attached hydrogens (tertiary/aromatic N) is 1. The van der Waals surface area contributed by atoms with Gasteiger partial charge in [0, 0.05) is 31.5 Å². The van der Waals surface area contributed by atoms with Crippen LogP contribution in [0.5, 0.6) is 0 Å². The Morgan fingerprint density at radius 2 is 2.00 bits per heavy atom. The predicted molar refractivity (Wildman–Crippen MR) is 47.9 cm³/mol. The van der Waals surface area contributed by atoms with Crippen molar-refractivity contribution >= 4 is 5.78 Å². The van der Waals surface area contributed by atoms with E-state index in [1.54, 1.807) is 0 Å². The largest absolute Gasteiger partial charge is 0.302 e. The van der Waals surface area contributed by atoms with Crippen LogP contribution >= 0.6 is 0 Å². The van der Waals surface area contributed by atoms with Crippen LogP contribution in [0.1, 0.15) is 20.3 Å². The van der Waals surface area contributed by atoms with E-state index >= 15 is 0 Å². The van der Waals surface area contributed by atoms with Crippen LogP contribution in [0.25, 0.3) is 0 Å². The Morgan fingerprint density at radius 1 is 1.42 bits per heavy atom. The second kappa shape index (κ2) is 2.84. The molecule has 0 spiro atoms. The predicted octanol–water partition coefficient (Wildman–Crippen LogP) is 1.16. The summed E-state index contributed by atoms with van der Waals surface area (Å²) in [6.07, 6.45) is 1.17. The number of Topliss-reactive ketones (excluding diaryl/α,β-unsaturated/α-hetero) is 1. The molecule has 12 heavy (non-hydrogen) atoms. The van der Waals surface area contributed by atoms with Crippen LogP contribution < -0.4 is 0 Å². The fourth-order valence-electron chi connectivity index (χ4n) is 2.44. The summed E-state index contributed by atoms with van der Waals surface area (Å²) in [5, 5.41) is 0. The van der Waals surface area contributed by atoms with E-state index in [0.717, 1.165) is 19.0 Å². The first-order valence-corrected chi connectivity index (χ1v) is 4.93. The first-order chi connectivity index (χ1) is 5.66. The zero-order valence-corrected chi connectivity index (χ0v) is 7.92. The molecule has 0 amide bonds. The minimum absolute atomic E-state index is 0.405. The van der Waals surface area contributed by atoms with Gasteiger partial charge in [0.05, 0.1) is 0 Å². The van der Waals surface area contributed by atoms with Crippen LogP contribution in [0.4, 0.5) is 0 Å². The molecule has 0 N–H and O–H groups in total. The van der Waals surface area contributed by atoms with Gasteiger partial charge >= 0.3 is 0 Å². The molecule has 1 aliphatic carbocycles. The Morgan fingerprint density at radius 3 is 2.42 bits per heavy atom. The monoisotopic (exact) mass is 167 g/mol. The molecule has 0 unspecified atom stereocenters. The van der Waals surface area contributed by atoms with Crippen LogP contribution in [0, 0.1) is 17.8 Å². The number of carbonyl (C=O) groups is 1. The van der Waals surface area contributed by atoms with E-state index in [1.165, 1.54) is 13.0 Å². The van der Waals surface area contributed by atoms with Gasteiger partial charge in [-0.1, -0.05) is 13.8 Å². The van der Waals surface area contributed by atoms with Gasteiger partial charge in [0.15, 0.2) is 0 Å². The summed E-state index contributed by atoms with van der Waals surface area (Å²) in [6.45, 7) is 7.71. The number of ketones is 1. The third kappa shape index (κ3) is 1.28. The van der Waals surface area contributed by atoms with Crippen molar-refractivity contribution in [3.63, 3.8) is 0 Å². The molecule has 0 aromatic carbocycles. The molecule has 2 heteroatoms. The molecule has 2 nitrogen and oxygen atoms in total. The van der Waals surface area contributed by atoms with E-state index in [4.69, 9.17) is 0 Å². The van der Waals surface area contributed by atoms with E-state index in [2.05, 4.69) is 18.7 Å². The number of piperidine rings is 2. The van der Waals surface area contributed by atoms with Gasteiger partial charge in [0.1, 0.15) is 5.78 Å². The summed E-state index contributed by atoms with van der Waals surface area (Å²) in [4.78, 5) is 13.7. The fourth-order valence-corrected chi connectivity index (χ4v) is 2.44. The highest BCUT2D eigenvalue weighted by atomic mass is 16.1. The number of fused-ring (bicyclic) bond motifs is 2. The van der Waals surface area contributed by atoms with E-state index < -0.39 is 0 Å². The molecule has 1 saturated carbocycles. The molecule has 2 saturated heterocycles. The number of carbonyl (C=O) groups excluding carboxylic acids is 1. The van der Waals surface area contributed by atoms with Gasteiger partial charge in [-0.05, 0) is 12.3 Å². The van der Waals surface area contributed by atoms with Crippen LogP contribution in [0.15, 0.2) is 0 Å². The first kappa shape index (κ1) is 8.24. The van der Waals surface area contributed by atoms with Gasteiger partial charge in [0.25, 0.3) is 0 Å². The van der Waals surface area contributed by atoms with Crippen LogP contribution in [-0.4, -0.2) is 30.3 Å². The molecular formula is C10H17NO. The van der Waals surface area contributed by atoms with E-state index in [1.807, 2.05) is 0 Å². The normalized spacial score (nSPS) is 35.4. The molecule has 2 atom stereocenters. The van der Waals surface area contributed by atoms with Crippen LogP contribution in [0.3, 0.4) is 0 Å². The van der Waals surface area contributed by atoms with Crippen LogP contribution in [-0.2, 0) is 4.79 Å². The zero-order valence-electron chi connectivity index (χ0n) is 7.92. The molecule has 3 aliphatic rings. The van der Waals surface area contributed by atoms with E-state index in [9.17, 15) is 4.79 Å². The maximum atomic E-state index is 11.2. The average molecular weight is 167 g/mol. The highest BCUT2D eigenvalue weighted by Crippen LogP contribution is 2.36. The van der Waals surface area contributed by atoms with Gasteiger partial charge < -0.3 is 4.90 Å². The minimum atomic E-state index is 0.405. The Balaban J connectivity index is 1.86. The molecule has 0 aromatic heterocycles. The van der Waals surface area contributed by atoms with Crippen molar-refractivity contribution in [2.24, 2.45) is 17.8 Å². The molecule has 2 aliphatic heterocycles. The van der Waals surface area contributed by atoms with Crippen molar-refractivity contribution in [3.05, 3.63) is 0 Å². The highest BCUT2D eigenvalue weighted by Gasteiger charge is 2.45. The summed E-state index contributed by atoms with van der Waals surface area (Å²) in [5.74, 6) is 2.08. The SMILES string of the molecule is CC(C)CN1C[C@@H]2C[C@@H](C1)C2=O. The van der Waals surface area contributed by atoms with Gasteiger partial charge in [-0.2, -0.15) is 0 Å². The summed E-state index contributed by atoms with van der Waals surface area (Å²) in [6, 6.07) is 0. The Labute approximate surface area is 73.9 Å². The van der Waals surface area contributed by atoms with E-state index in [0.29, 0.717) is 17.6 Å². The lowest BCUT2D eigenvalue weighted by atomic mass is 9.69. The zero-order chi connectivity index (χ0) is 8.72. The van der Waals surface area contributed by atoms with Gasteiger partial charge in [-0.15, -0.1) is 0 Å². The number of hydrogen-bond acceptors (Lipinski definition) is 2. The van der Waals surface area contributed by atoms with Gasteiger partial charge in [0.2, 0.25) is 0 Å². The van der Waals surface area contributed by atoms with Crippen molar-refractivity contribution in [1.29, 1.82) is 0 Å². The van der Waals surface area contributed by atoms with Crippen molar-refractivity contribution in [2.45, 2.75) is 20.3 Å². The van der Waals surface area contributed by atoms with Crippen molar-refractivity contribution in [1.82, 2.24) is 4.90 Å². The Bertz CT molecular complexity index is 186. The summed E-state index contributed by atoms with van der Waals surface area (Å²) in [7, 11) is 0. The molecule has 2 bridgehead atoms. The fraction of sp³-hybridized carbons (Fsp3) is 0.900. The third-order valence-electron chi connectivity index (χ3n) is 2.95. The maximum Gasteiger partial charge on any atom is 0.141 e. The van der Waals surface area contributed by atoms with Gasteiger partial charge in [-0.3, -0.25) is 4.79 Å². The standard InChI is InChI=1S/C10H17NO/c1-7(2)4-11-5-8-3-9(6-11)10(8)12/h7-9H,3-6H2,1-2H3/t8-,9-/m0/s1. The molecule has 68 valence electrons. The summed E-state index contributed by atoms with van der Waals surface area (Å²) in [5.41, 5.74) is 0. The lowest BCUT2D eigenvalue weighted by molar-refractivity contribution is -0.143. The Hall–Kier alpha value is -0.370. The van der Waals surface area contributed by atoms with E-state index in [-0.39, 0.29) is 0 Å². The third-order valence-corrected chi connectivity index (χ3v) is 2.95. The smallest absolute Gasteiger partial charge is 0.141 e. The van der Waals surface area contributed by atoms with Crippen molar-refractivity contribution in [3.8, 4) is 0 Å². The lowest BCUT2D eigenvalue weighted by Crippen LogP contribution is -2.56. The molecule has 3 fully saturated rings.